The van der Waals surface area contributed by atoms with Gasteiger partial charge in [-0.2, -0.15) is 11.8 Å². The van der Waals surface area contributed by atoms with E-state index < -0.39 is 0 Å². The molecule has 0 aliphatic carbocycles. The quantitative estimate of drug-likeness (QED) is 0.761. The van der Waals surface area contributed by atoms with Crippen LogP contribution in [0, 0.1) is 0 Å². The molecule has 1 fully saturated rings. The van der Waals surface area contributed by atoms with E-state index in [0.29, 0.717) is 0 Å². The first-order valence-corrected chi connectivity index (χ1v) is 7.78. The summed E-state index contributed by atoms with van der Waals surface area (Å²) in [4.78, 5) is 5.39. The molecule has 5 heteroatoms. The van der Waals surface area contributed by atoms with Crippen LogP contribution in [0.3, 0.4) is 0 Å². The summed E-state index contributed by atoms with van der Waals surface area (Å²) < 4.78 is 0. The lowest BCUT2D eigenvalue weighted by Gasteiger charge is -2.21. The van der Waals surface area contributed by atoms with Gasteiger partial charge in [0.1, 0.15) is 0 Å². The number of thiazole rings is 1. The van der Waals surface area contributed by atoms with Crippen LogP contribution in [-0.4, -0.2) is 35.6 Å². The zero-order valence-corrected chi connectivity index (χ0v) is 11.1. The van der Waals surface area contributed by atoms with Gasteiger partial charge in [0.15, 0.2) is 0 Å². The van der Waals surface area contributed by atoms with Crippen molar-refractivity contribution in [1.29, 1.82) is 0 Å². The molecule has 1 aromatic rings. The van der Waals surface area contributed by atoms with Gasteiger partial charge in [-0.05, 0) is 25.9 Å². The van der Waals surface area contributed by atoms with E-state index in [9.17, 15) is 0 Å². The smallest absolute Gasteiger partial charge is 0.0794 e. The van der Waals surface area contributed by atoms with Crippen molar-refractivity contribution in [2.24, 2.45) is 0 Å². The van der Waals surface area contributed by atoms with E-state index in [-0.39, 0.29) is 0 Å². The molecule has 1 aliphatic rings. The number of nitrogens with zero attached hydrogens (tertiary/aromatic N) is 1. The Morgan fingerprint density at radius 3 is 3.12 bits per heavy atom. The summed E-state index contributed by atoms with van der Waals surface area (Å²) in [5, 5.41) is 7.74. The Kier molecular flexibility index (Phi) is 5.62. The molecule has 2 N–H and O–H groups in total. The summed E-state index contributed by atoms with van der Waals surface area (Å²) in [6, 6.07) is 0. The van der Waals surface area contributed by atoms with Crippen LogP contribution >= 0.6 is 23.1 Å². The number of aromatic nitrogens is 1. The molecule has 0 unspecified atom stereocenters. The Hall–Kier alpha value is -0.100. The summed E-state index contributed by atoms with van der Waals surface area (Å²) in [7, 11) is 0. The van der Waals surface area contributed by atoms with Crippen LogP contribution in [-0.2, 0) is 6.54 Å². The molecule has 16 heavy (non-hydrogen) atoms. The summed E-state index contributed by atoms with van der Waals surface area (Å²) in [5.41, 5.74) is 1.89. The Morgan fingerprint density at radius 1 is 1.50 bits per heavy atom. The second-order valence-corrected chi connectivity index (χ2v) is 6.34. The summed E-state index contributed by atoms with van der Waals surface area (Å²) in [5.74, 6) is 1.23. The van der Waals surface area contributed by atoms with Crippen LogP contribution in [0.5, 0.6) is 0 Å². The van der Waals surface area contributed by atoms with Crippen LogP contribution in [0.2, 0.25) is 0 Å². The molecular formula is C11H19N3S2. The average molecular weight is 257 g/mol. The van der Waals surface area contributed by atoms with E-state index in [1.54, 1.807) is 11.3 Å². The van der Waals surface area contributed by atoms with Gasteiger partial charge < -0.3 is 10.6 Å². The molecule has 0 radical (unpaired) electrons. The maximum absolute atomic E-state index is 4.06. The Bertz CT molecular complexity index is 271. The summed E-state index contributed by atoms with van der Waals surface area (Å²) in [6.07, 6.45) is 4.61. The molecule has 2 rings (SSSR count). The maximum atomic E-state index is 4.06. The van der Waals surface area contributed by atoms with Gasteiger partial charge in [-0.15, -0.1) is 11.3 Å². The normalized spacial score (nSPS) is 17.8. The molecule has 1 aliphatic heterocycles. The third-order valence-electron chi connectivity index (χ3n) is 2.70. The molecule has 0 aromatic carbocycles. The highest BCUT2D eigenvalue weighted by atomic mass is 32.2. The van der Waals surface area contributed by atoms with Gasteiger partial charge in [0.05, 0.1) is 5.51 Å². The summed E-state index contributed by atoms with van der Waals surface area (Å²) >= 11 is 3.84. The first-order chi connectivity index (χ1) is 7.95. The number of hydrogen-bond donors (Lipinski definition) is 2. The standard InChI is InChI=1S/C11H19N3S2/c1-3-12-4-2-10(1)15-6-5-13-7-11-8-14-9-16-11/h8-10,12-13H,1-7H2. The van der Waals surface area contributed by atoms with Gasteiger partial charge in [-0.1, -0.05) is 0 Å². The number of piperidine rings is 1. The third-order valence-corrected chi connectivity index (χ3v) is 4.86. The van der Waals surface area contributed by atoms with Gasteiger partial charge >= 0.3 is 0 Å². The van der Waals surface area contributed by atoms with Crippen molar-refractivity contribution in [3.63, 3.8) is 0 Å². The average Bonchev–Trinajstić information content (AvgIpc) is 2.83. The SMILES string of the molecule is c1ncc(CNCCSC2CCNCC2)s1. The van der Waals surface area contributed by atoms with Crippen LogP contribution < -0.4 is 10.6 Å². The topological polar surface area (TPSA) is 37.0 Å². The Morgan fingerprint density at radius 2 is 2.38 bits per heavy atom. The van der Waals surface area contributed by atoms with Crippen molar-refractivity contribution in [1.82, 2.24) is 15.6 Å². The van der Waals surface area contributed by atoms with Crippen molar-refractivity contribution < 1.29 is 0 Å². The minimum absolute atomic E-state index is 0.881. The van der Waals surface area contributed by atoms with Gasteiger partial charge in [-0.25, -0.2) is 0 Å². The Balaban J connectivity index is 1.48. The second kappa shape index (κ2) is 7.27. The first kappa shape index (κ1) is 12.4. The maximum Gasteiger partial charge on any atom is 0.0794 e. The lowest BCUT2D eigenvalue weighted by atomic mass is 10.2. The number of hydrogen-bond acceptors (Lipinski definition) is 5. The zero-order chi connectivity index (χ0) is 11.1. The van der Waals surface area contributed by atoms with E-state index >= 15 is 0 Å². The molecule has 90 valence electrons. The second-order valence-electron chi connectivity index (χ2n) is 3.96. The van der Waals surface area contributed by atoms with Crippen molar-refractivity contribution in [2.45, 2.75) is 24.6 Å². The molecule has 0 saturated carbocycles. The summed E-state index contributed by atoms with van der Waals surface area (Å²) in [6.45, 7) is 4.47. The lowest BCUT2D eigenvalue weighted by Crippen LogP contribution is -2.30. The van der Waals surface area contributed by atoms with Crippen LogP contribution in [0.1, 0.15) is 17.7 Å². The third kappa shape index (κ3) is 4.41. The Labute approximate surface area is 105 Å². The van der Waals surface area contributed by atoms with Crippen molar-refractivity contribution in [3.05, 3.63) is 16.6 Å². The van der Waals surface area contributed by atoms with Crippen molar-refractivity contribution >= 4 is 23.1 Å². The fourth-order valence-electron chi connectivity index (χ4n) is 1.80. The van der Waals surface area contributed by atoms with Crippen LogP contribution in [0.25, 0.3) is 0 Å². The van der Waals surface area contributed by atoms with E-state index in [0.717, 1.165) is 18.3 Å². The van der Waals surface area contributed by atoms with Gasteiger partial charge in [0, 0.05) is 35.2 Å². The van der Waals surface area contributed by atoms with E-state index in [4.69, 9.17) is 0 Å². The molecule has 1 aromatic heterocycles. The number of rotatable bonds is 6. The fraction of sp³-hybridized carbons (Fsp3) is 0.727. The highest BCUT2D eigenvalue weighted by molar-refractivity contribution is 7.99. The minimum atomic E-state index is 0.881. The predicted octanol–water partition coefficient (Wildman–Crippen LogP) is 1.72. The lowest BCUT2D eigenvalue weighted by molar-refractivity contribution is 0.531. The van der Waals surface area contributed by atoms with E-state index in [1.165, 1.54) is 36.6 Å². The van der Waals surface area contributed by atoms with E-state index in [1.807, 2.05) is 11.7 Å². The van der Waals surface area contributed by atoms with Crippen LogP contribution in [0.15, 0.2) is 11.7 Å². The van der Waals surface area contributed by atoms with Crippen LogP contribution in [0.4, 0.5) is 0 Å². The molecule has 1 saturated heterocycles. The molecule has 0 amide bonds. The highest BCUT2D eigenvalue weighted by Gasteiger charge is 2.12. The largest absolute Gasteiger partial charge is 0.317 e. The monoisotopic (exact) mass is 257 g/mol. The fourth-order valence-corrected chi connectivity index (χ4v) is 3.53. The van der Waals surface area contributed by atoms with Crippen molar-refractivity contribution in [3.8, 4) is 0 Å². The van der Waals surface area contributed by atoms with Gasteiger partial charge in [0.2, 0.25) is 0 Å². The van der Waals surface area contributed by atoms with Gasteiger partial charge in [-0.3, -0.25) is 4.98 Å². The van der Waals surface area contributed by atoms with E-state index in [2.05, 4.69) is 27.4 Å². The van der Waals surface area contributed by atoms with Gasteiger partial charge in [0.25, 0.3) is 0 Å². The molecular weight excluding hydrogens is 238 g/mol. The molecule has 0 atom stereocenters. The molecule has 2 heterocycles. The predicted molar refractivity (Wildman–Crippen MR) is 72.2 cm³/mol. The first-order valence-electron chi connectivity index (χ1n) is 5.85. The minimum Gasteiger partial charge on any atom is -0.317 e. The zero-order valence-electron chi connectivity index (χ0n) is 9.45. The number of nitrogens with one attached hydrogen (secondary N) is 2. The molecule has 0 spiro atoms. The molecule has 0 bridgehead atoms. The molecule has 3 nitrogen and oxygen atoms in total. The highest BCUT2D eigenvalue weighted by Crippen LogP contribution is 2.19. The number of thioether (sulfide) groups is 1. The van der Waals surface area contributed by atoms with Crippen molar-refractivity contribution in [2.75, 3.05) is 25.4 Å².